The Kier molecular flexibility index (Phi) is 6.70. The normalized spacial score (nSPS) is 12.0. The molecule has 1 aromatic carbocycles. The predicted octanol–water partition coefficient (Wildman–Crippen LogP) is 2.44. The lowest BCUT2D eigenvalue weighted by Gasteiger charge is -2.11. The van der Waals surface area contributed by atoms with Gasteiger partial charge in [-0.15, -0.1) is 0 Å². The summed E-state index contributed by atoms with van der Waals surface area (Å²) in [4.78, 5) is 37.6. The van der Waals surface area contributed by atoms with Crippen molar-refractivity contribution < 1.29 is 29.0 Å². The molecule has 0 spiro atoms. The highest BCUT2D eigenvalue weighted by Gasteiger charge is 2.23. The monoisotopic (exact) mass is 374 g/mol. The van der Waals surface area contributed by atoms with Crippen LogP contribution in [0.15, 0.2) is 34.9 Å². The molecular formula is C19H22N2O6. The minimum Gasteiger partial charge on any atom is -0.481 e. The number of carboxylic acid groups (broad SMARTS) is 2. The van der Waals surface area contributed by atoms with Gasteiger partial charge in [0.25, 0.3) is 0 Å². The van der Waals surface area contributed by atoms with E-state index in [1.807, 2.05) is 24.3 Å². The first-order valence-electron chi connectivity index (χ1n) is 8.55. The van der Waals surface area contributed by atoms with Gasteiger partial charge < -0.3 is 19.9 Å². The maximum absolute atomic E-state index is 11.9. The van der Waals surface area contributed by atoms with E-state index in [0.29, 0.717) is 17.6 Å². The molecule has 0 aliphatic rings. The van der Waals surface area contributed by atoms with Crippen LogP contribution in [0.1, 0.15) is 44.1 Å². The second-order valence-corrected chi connectivity index (χ2v) is 6.45. The fourth-order valence-electron chi connectivity index (χ4n) is 2.45. The zero-order chi connectivity index (χ0) is 20.0. The first kappa shape index (κ1) is 20.2. The number of carbonyl (C=O) groups excluding carboxylic acids is 1. The molecule has 0 saturated heterocycles. The third-order valence-electron chi connectivity index (χ3n) is 3.99. The van der Waals surface area contributed by atoms with Crippen molar-refractivity contribution in [2.45, 2.75) is 45.1 Å². The van der Waals surface area contributed by atoms with E-state index >= 15 is 0 Å². The van der Waals surface area contributed by atoms with Crippen molar-refractivity contribution >= 4 is 17.8 Å². The Balaban J connectivity index is 1.92. The second kappa shape index (κ2) is 8.98. The van der Waals surface area contributed by atoms with Gasteiger partial charge in [0, 0.05) is 18.4 Å². The number of rotatable bonds is 9. The molecule has 0 bridgehead atoms. The molecule has 27 heavy (non-hydrogen) atoms. The molecule has 8 nitrogen and oxygen atoms in total. The molecule has 1 aromatic heterocycles. The summed E-state index contributed by atoms with van der Waals surface area (Å²) in [7, 11) is 0. The number of carbonyl (C=O) groups is 3. The van der Waals surface area contributed by atoms with Gasteiger partial charge in [-0.2, -0.15) is 0 Å². The van der Waals surface area contributed by atoms with Crippen LogP contribution in [0.25, 0.3) is 11.3 Å². The highest BCUT2D eigenvalue weighted by atomic mass is 16.4. The minimum atomic E-state index is -1.46. The Morgan fingerprint density at radius 1 is 1.15 bits per heavy atom. The topological polar surface area (TPSA) is 130 Å². The van der Waals surface area contributed by atoms with E-state index in [1.165, 1.54) is 5.56 Å². The Morgan fingerprint density at radius 2 is 1.81 bits per heavy atom. The molecule has 0 fully saturated rings. The molecular weight excluding hydrogens is 352 g/mol. The third-order valence-corrected chi connectivity index (χ3v) is 3.99. The number of carboxylic acids is 2. The number of hydrogen-bond donors (Lipinski definition) is 3. The molecule has 2 rings (SSSR count). The molecule has 0 radical (unpaired) electrons. The Bertz CT molecular complexity index is 810. The molecule has 2 aromatic rings. The SMILES string of the molecule is CC(C)c1ccc(-c2cnc(CCC(=O)NC(CC(=O)O)C(=O)O)o2)cc1. The van der Waals surface area contributed by atoms with Gasteiger partial charge in [-0.3, -0.25) is 9.59 Å². The summed E-state index contributed by atoms with van der Waals surface area (Å²) in [5, 5.41) is 19.8. The number of benzene rings is 1. The Labute approximate surface area is 156 Å². The Hall–Kier alpha value is -3.16. The number of amides is 1. The zero-order valence-electron chi connectivity index (χ0n) is 15.1. The highest BCUT2D eigenvalue weighted by molar-refractivity contribution is 5.86. The van der Waals surface area contributed by atoms with Crippen LogP contribution < -0.4 is 5.32 Å². The largest absolute Gasteiger partial charge is 0.481 e. The molecule has 1 heterocycles. The molecule has 144 valence electrons. The van der Waals surface area contributed by atoms with Crippen LogP contribution in [0.4, 0.5) is 0 Å². The standard InChI is InChI=1S/C19H22N2O6/c1-11(2)12-3-5-13(6-4-12)15-10-20-17(27-15)8-7-16(22)21-14(19(25)26)9-18(23)24/h3-6,10-11,14H,7-9H2,1-2H3,(H,21,22)(H,23,24)(H,25,26). The summed E-state index contributed by atoms with van der Waals surface area (Å²) in [5.74, 6) is -1.92. The fourth-order valence-corrected chi connectivity index (χ4v) is 2.45. The van der Waals surface area contributed by atoms with Gasteiger partial charge >= 0.3 is 11.9 Å². The van der Waals surface area contributed by atoms with Crippen molar-refractivity contribution in [2.24, 2.45) is 0 Å². The third kappa shape index (κ3) is 5.95. The van der Waals surface area contributed by atoms with E-state index in [2.05, 4.69) is 24.1 Å². The average molecular weight is 374 g/mol. The van der Waals surface area contributed by atoms with Crippen molar-refractivity contribution in [1.82, 2.24) is 10.3 Å². The number of aromatic nitrogens is 1. The molecule has 0 aliphatic heterocycles. The van der Waals surface area contributed by atoms with Crippen LogP contribution in [-0.2, 0) is 20.8 Å². The molecule has 0 aliphatic carbocycles. The lowest BCUT2D eigenvalue weighted by atomic mass is 10.0. The average Bonchev–Trinajstić information content (AvgIpc) is 3.08. The summed E-state index contributed by atoms with van der Waals surface area (Å²) in [6.45, 7) is 4.22. The van der Waals surface area contributed by atoms with Crippen LogP contribution in [-0.4, -0.2) is 39.1 Å². The van der Waals surface area contributed by atoms with Crippen LogP contribution in [0.5, 0.6) is 0 Å². The van der Waals surface area contributed by atoms with Gasteiger partial charge in [-0.1, -0.05) is 38.1 Å². The van der Waals surface area contributed by atoms with E-state index in [1.54, 1.807) is 6.20 Å². The van der Waals surface area contributed by atoms with E-state index in [0.717, 1.165) is 5.56 Å². The van der Waals surface area contributed by atoms with Crippen LogP contribution in [0, 0.1) is 0 Å². The smallest absolute Gasteiger partial charge is 0.326 e. The van der Waals surface area contributed by atoms with Crippen molar-refractivity contribution in [3.8, 4) is 11.3 Å². The molecule has 3 N–H and O–H groups in total. The molecule has 8 heteroatoms. The fraction of sp³-hybridized carbons (Fsp3) is 0.368. The quantitative estimate of drug-likeness (QED) is 0.614. The number of hydrogen-bond acceptors (Lipinski definition) is 5. The van der Waals surface area contributed by atoms with Crippen molar-refractivity contribution in [3.05, 3.63) is 41.9 Å². The first-order chi connectivity index (χ1) is 12.8. The van der Waals surface area contributed by atoms with Crippen molar-refractivity contribution in [2.75, 3.05) is 0 Å². The van der Waals surface area contributed by atoms with Crippen molar-refractivity contribution in [3.63, 3.8) is 0 Å². The lowest BCUT2D eigenvalue weighted by molar-refractivity contribution is -0.147. The summed E-state index contributed by atoms with van der Waals surface area (Å²) >= 11 is 0. The predicted molar refractivity (Wildman–Crippen MR) is 96.2 cm³/mol. The number of aliphatic carboxylic acids is 2. The number of nitrogens with one attached hydrogen (secondary N) is 1. The van der Waals surface area contributed by atoms with E-state index in [-0.39, 0.29) is 12.8 Å². The van der Waals surface area contributed by atoms with Crippen LogP contribution in [0.3, 0.4) is 0 Å². The van der Waals surface area contributed by atoms with Gasteiger partial charge in [-0.05, 0) is 11.5 Å². The van der Waals surface area contributed by atoms with Gasteiger partial charge in [0.15, 0.2) is 11.7 Å². The molecule has 1 unspecified atom stereocenters. The highest BCUT2D eigenvalue weighted by Crippen LogP contribution is 2.23. The molecule has 0 saturated carbocycles. The summed E-state index contributed by atoms with van der Waals surface area (Å²) in [6, 6.07) is 6.45. The minimum absolute atomic E-state index is 0.0599. The second-order valence-electron chi connectivity index (χ2n) is 6.45. The Morgan fingerprint density at radius 3 is 2.37 bits per heavy atom. The summed E-state index contributed by atoms with van der Waals surface area (Å²) in [6.07, 6.45) is 1.00. The number of oxazole rings is 1. The van der Waals surface area contributed by atoms with E-state index in [4.69, 9.17) is 14.6 Å². The van der Waals surface area contributed by atoms with Gasteiger partial charge in [0.2, 0.25) is 5.91 Å². The summed E-state index contributed by atoms with van der Waals surface area (Å²) < 4.78 is 5.64. The van der Waals surface area contributed by atoms with Gasteiger partial charge in [0.1, 0.15) is 6.04 Å². The first-order valence-corrected chi connectivity index (χ1v) is 8.55. The number of nitrogens with zero attached hydrogens (tertiary/aromatic N) is 1. The maximum atomic E-state index is 11.9. The maximum Gasteiger partial charge on any atom is 0.326 e. The van der Waals surface area contributed by atoms with E-state index in [9.17, 15) is 14.4 Å². The van der Waals surface area contributed by atoms with Crippen LogP contribution >= 0.6 is 0 Å². The lowest BCUT2D eigenvalue weighted by Crippen LogP contribution is -2.42. The van der Waals surface area contributed by atoms with E-state index < -0.39 is 30.3 Å². The van der Waals surface area contributed by atoms with Crippen LogP contribution in [0.2, 0.25) is 0 Å². The van der Waals surface area contributed by atoms with Crippen molar-refractivity contribution in [1.29, 1.82) is 0 Å². The van der Waals surface area contributed by atoms with Gasteiger partial charge in [0.05, 0.1) is 12.6 Å². The van der Waals surface area contributed by atoms with Gasteiger partial charge in [-0.25, -0.2) is 9.78 Å². The molecule has 1 amide bonds. The number of aryl methyl sites for hydroxylation is 1. The zero-order valence-corrected chi connectivity index (χ0v) is 15.1. The summed E-state index contributed by atoms with van der Waals surface area (Å²) in [5.41, 5.74) is 2.08. The molecule has 1 atom stereocenters.